The molecule has 1 N–H and O–H groups in total. The Morgan fingerprint density at radius 1 is 0.862 bits per heavy atom. The molecular weight excluding hydrogens is 362 g/mol. The minimum atomic E-state index is -0.201. The van der Waals surface area contributed by atoms with E-state index < -0.39 is 0 Å². The average molecular weight is 385 g/mol. The van der Waals surface area contributed by atoms with Crippen molar-refractivity contribution in [1.29, 1.82) is 0 Å². The number of hydrogen-bond acceptors (Lipinski definition) is 3. The molecule has 2 amide bonds. The predicted molar refractivity (Wildman–Crippen MR) is 117 cm³/mol. The predicted octanol–water partition coefficient (Wildman–Crippen LogP) is 4.21. The number of carbonyl (C=O) groups is 2. The van der Waals surface area contributed by atoms with Gasteiger partial charge in [0.2, 0.25) is 0 Å². The maximum absolute atomic E-state index is 12.9. The summed E-state index contributed by atoms with van der Waals surface area (Å²) in [6, 6.07) is 22.4. The smallest absolute Gasteiger partial charge is 0.258 e. The van der Waals surface area contributed by atoms with Crippen molar-refractivity contribution in [3.63, 3.8) is 0 Å². The zero-order valence-corrected chi connectivity index (χ0v) is 16.6. The van der Waals surface area contributed by atoms with Crippen LogP contribution in [0.15, 0.2) is 72.8 Å². The summed E-state index contributed by atoms with van der Waals surface area (Å²) in [5, 5.41) is 2.89. The summed E-state index contributed by atoms with van der Waals surface area (Å²) in [6.07, 6.45) is 0.870. The molecule has 0 aliphatic carbocycles. The van der Waals surface area contributed by atoms with Gasteiger partial charge in [-0.1, -0.05) is 18.2 Å². The van der Waals surface area contributed by atoms with Crippen molar-refractivity contribution in [3.8, 4) is 0 Å². The van der Waals surface area contributed by atoms with E-state index in [1.165, 1.54) is 5.56 Å². The minimum Gasteiger partial charge on any atom is -0.378 e. The second kappa shape index (κ2) is 7.80. The van der Waals surface area contributed by atoms with Gasteiger partial charge in [0.05, 0.1) is 0 Å². The second-order valence-corrected chi connectivity index (χ2v) is 7.31. The maximum atomic E-state index is 12.9. The fraction of sp³-hybridized carbons (Fsp3) is 0.167. The first kappa shape index (κ1) is 18.7. The third-order valence-corrected chi connectivity index (χ3v) is 5.17. The van der Waals surface area contributed by atoms with Crippen LogP contribution >= 0.6 is 0 Å². The van der Waals surface area contributed by atoms with Gasteiger partial charge >= 0.3 is 0 Å². The summed E-state index contributed by atoms with van der Waals surface area (Å²) >= 11 is 0. The Balaban J connectivity index is 1.45. The first-order chi connectivity index (χ1) is 14.0. The van der Waals surface area contributed by atoms with Crippen molar-refractivity contribution in [2.24, 2.45) is 0 Å². The first-order valence-corrected chi connectivity index (χ1v) is 9.61. The maximum Gasteiger partial charge on any atom is 0.258 e. The Kier molecular flexibility index (Phi) is 5.04. The number of amides is 2. The molecule has 0 radical (unpaired) electrons. The van der Waals surface area contributed by atoms with E-state index in [-0.39, 0.29) is 11.8 Å². The summed E-state index contributed by atoms with van der Waals surface area (Å²) < 4.78 is 0. The number of hydrogen-bond donors (Lipinski definition) is 1. The van der Waals surface area contributed by atoms with Gasteiger partial charge in [0.15, 0.2) is 0 Å². The SMILES string of the molecule is CN(C)c1ccc(NC(=O)c2ccc(C(=O)N3CCc4ccccc43)cc2)cc1. The lowest BCUT2D eigenvalue weighted by atomic mass is 10.1. The van der Waals surface area contributed by atoms with Gasteiger partial charge in [-0.15, -0.1) is 0 Å². The van der Waals surface area contributed by atoms with E-state index in [0.29, 0.717) is 17.7 Å². The van der Waals surface area contributed by atoms with Crippen LogP contribution in [0.2, 0.25) is 0 Å². The monoisotopic (exact) mass is 385 g/mol. The van der Waals surface area contributed by atoms with Crippen molar-refractivity contribution in [3.05, 3.63) is 89.5 Å². The van der Waals surface area contributed by atoms with Crippen molar-refractivity contribution in [1.82, 2.24) is 0 Å². The van der Waals surface area contributed by atoms with Gasteiger partial charge in [0.1, 0.15) is 0 Å². The third-order valence-electron chi connectivity index (χ3n) is 5.17. The van der Waals surface area contributed by atoms with Crippen molar-refractivity contribution >= 4 is 28.9 Å². The highest BCUT2D eigenvalue weighted by molar-refractivity contribution is 6.09. The number of fused-ring (bicyclic) bond motifs is 1. The second-order valence-electron chi connectivity index (χ2n) is 7.31. The first-order valence-electron chi connectivity index (χ1n) is 9.61. The van der Waals surface area contributed by atoms with Crippen molar-refractivity contribution in [2.75, 3.05) is 35.8 Å². The van der Waals surface area contributed by atoms with Crippen LogP contribution in [0.5, 0.6) is 0 Å². The molecule has 0 aromatic heterocycles. The molecular formula is C24H23N3O2. The molecule has 3 aromatic rings. The number of rotatable bonds is 4. The molecule has 3 aromatic carbocycles. The largest absolute Gasteiger partial charge is 0.378 e. The Morgan fingerprint density at radius 3 is 2.21 bits per heavy atom. The summed E-state index contributed by atoms with van der Waals surface area (Å²) in [5.41, 5.74) is 5.05. The van der Waals surface area contributed by atoms with Gasteiger partial charge in [-0.05, 0) is 66.6 Å². The van der Waals surface area contributed by atoms with E-state index in [1.807, 2.05) is 61.5 Å². The molecule has 4 rings (SSSR count). The normalized spacial score (nSPS) is 12.4. The van der Waals surface area contributed by atoms with Crippen LogP contribution in [0.4, 0.5) is 17.1 Å². The van der Waals surface area contributed by atoms with E-state index in [2.05, 4.69) is 11.4 Å². The average Bonchev–Trinajstić information content (AvgIpc) is 3.18. The summed E-state index contributed by atoms with van der Waals surface area (Å²) in [6.45, 7) is 0.684. The van der Waals surface area contributed by atoms with Crippen LogP contribution in [0.3, 0.4) is 0 Å². The Morgan fingerprint density at radius 2 is 1.52 bits per heavy atom. The lowest BCUT2D eigenvalue weighted by Crippen LogP contribution is -2.28. The molecule has 1 aliphatic heterocycles. The molecule has 5 heteroatoms. The Bertz CT molecular complexity index is 1040. The number of para-hydroxylation sites is 1. The summed E-state index contributed by atoms with van der Waals surface area (Å²) in [7, 11) is 3.94. The molecule has 0 unspecified atom stereocenters. The zero-order valence-electron chi connectivity index (χ0n) is 16.6. The number of nitrogens with zero attached hydrogens (tertiary/aromatic N) is 2. The molecule has 0 spiro atoms. The van der Waals surface area contributed by atoms with E-state index in [1.54, 1.807) is 29.2 Å². The number of nitrogens with one attached hydrogen (secondary N) is 1. The van der Waals surface area contributed by atoms with Crippen LogP contribution in [0.25, 0.3) is 0 Å². The van der Waals surface area contributed by atoms with E-state index in [9.17, 15) is 9.59 Å². The molecule has 0 bridgehead atoms. The topological polar surface area (TPSA) is 52.7 Å². The highest BCUT2D eigenvalue weighted by atomic mass is 16.2. The Hall–Kier alpha value is -3.60. The quantitative estimate of drug-likeness (QED) is 0.732. The fourth-order valence-corrected chi connectivity index (χ4v) is 3.52. The molecule has 1 heterocycles. The molecule has 0 fully saturated rings. The van der Waals surface area contributed by atoms with Crippen molar-refractivity contribution < 1.29 is 9.59 Å². The molecule has 0 saturated carbocycles. The van der Waals surface area contributed by atoms with Gasteiger partial charge in [-0.25, -0.2) is 0 Å². The van der Waals surface area contributed by atoms with Gasteiger partial charge in [0, 0.05) is 48.8 Å². The molecule has 29 heavy (non-hydrogen) atoms. The van der Waals surface area contributed by atoms with Crippen molar-refractivity contribution in [2.45, 2.75) is 6.42 Å². The molecule has 146 valence electrons. The number of anilines is 3. The van der Waals surface area contributed by atoms with Crippen LogP contribution in [0.1, 0.15) is 26.3 Å². The molecule has 0 atom stereocenters. The van der Waals surface area contributed by atoms with Crippen LogP contribution in [0, 0.1) is 0 Å². The molecule has 0 saturated heterocycles. The fourth-order valence-electron chi connectivity index (χ4n) is 3.52. The highest BCUT2D eigenvalue weighted by Gasteiger charge is 2.25. The van der Waals surface area contributed by atoms with Crippen LogP contribution in [-0.2, 0) is 6.42 Å². The van der Waals surface area contributed by atoms with E-state index in [4.69, 9.17) is 0 Å². The minimum absolute atomic E-state index is 0.0406. The highest BCUT2D eigenvalue weighted by Crippen LogP contribution is 2.29. The van der Waals surface area contributed by atoms with Gasteiger partial charge in [-0.3, -0.25) is 9.59 Å². The van der Waals surface area contributed by atoms with E-state index in [0.717, 1.165) is 23.5 Å². The standard InChI is InChI=1S/C24H23N3O2/c1-26(2)21-13-11-20(12-14-21)25-23(28)18-7-9-19(10-8-18)24(29)27-16-15-17-5-3-4-6-22(17)27/h3-14H,15-16H2,1-2H3,(H,25,28). The van der Waals surface area contributed by atoms with Gasteiger partial charge in [0.25, 0.3) is 11.8 Å². The van der Waals surface area contributed by atoms with Gasteiger partial charge in [-0.2, -0.15) is 0 Å². The third kappa shape index (κ3) is 3.85. The van der Waals surface area contributed by atoms with E-state index >= 15 is 0 Å². The lowest BCUT2D eigenvalue weighted by molar-refractivity contribution is 0.0986. The molecule has 1 aliphatic rings. The Labute approximate surface area is 170 Å². The van der Waals surface area contributed by atoms with Crippen LogP contribution in [-0.4, -0.2) is 32.5 Å². The summed E-state index contributed by atoms with van der Waals surface area (Å²) in [4.78, 5) is 29.2. The summed E-state index contributed by atoms with van der Waals surface area (Å²) in [5.74, 6) is -0.241. The lowest BCUT2D eigenvalue weighted by Gasteiger charge is -2.17. The molecule has 5 nitrogen and oxygen atoms in total. The number of benzene rings is 3. The number of carbonyl (C=O) groups excluding carboxylic acids is 2. The zero-order chi connectivity index (χ0) is 20.4. The van der Waals surface area contributed by atoms with Gasteiger partial charge < -0.3 is 15.1 Å². The van der Waals surface area contributed by atoms with Crippen LogP contribution < -0.4 is 15.1 Å².